The quantitative estimate of drug-likeness (QED) is 0.427. The summed E-state index contributed by atoms with van der Waals surface area (Å²) in [6, 6.07) is 8.62. The average molecular weight is 459 g/mol. The van der Waals surface area contributed by atoms with Crippen LogP contribution in [0.4, 0.5) is 5.69 Å². The summed E-state index contributed by atoms with van der Waals surface area (Å²) in [6.45, 7) is 1.95. The van der Waals surface area contributed by atoms with Gasteiger partial charge in [0.05, 0.1) is 33.6 Å². The van der Waals surface area contributed by atoms with E-state index in [1.807, 2.05) is 25.1 Å². The second-order valence-electron chi connectivity index (χ2n) is 5.63. The molecule has 0 aliphatic heterocycles. The number of nitrogens with one attached hydrogen (secondary N) is 1. The molecule has 1 heterocycles. The largest absolute Gasteiger partial charge is 0.494 e. The summed E-state index contributed by atoms with van der Waals surface area (Å²) in [7, 11) is 1.57. The maximum atomic E-state index is 12.3. The van der Waals surface area contributed by atoms with E-state index in [-0.39, 0.29) is 11.7 Å². The minimum Gasteiger partial charge on any atom is -0.494 e. The van der Waals surface area contributed by atoms with Crippen molar-refractivity contribution in [3.8, 4) is 11.4 Å². The number of anilines is 1. The first-order valence-corrected chi connectivity index (χ1v) is 10.0. The molecule has 0 unspecified atom stereocenters. The number of benzene rings is 2. The van der Waals surface area contributed by atoms with Crippen LogP contribution < -0.4 is 10.1 Å². The summed E-state index contributed by atoms with van der Waals surface area (Å²) < 4.78 is 6.90. The van der Waals surface area contributed by atoms with Gasteiger partial charge in [-0.15, -0.1) is 5.10 Å². The SMILES string of the molecule is COc1ccc(C)cc1-n1nnnc1SCC(=O)Nc1cc(Cl)c(Cl)cc1Cl. The molecule has 1 N–H and O–H groups in total. The summed E-state index contributed by atoms with van der Waals surface area (Å²) in [5.41, 5.74) is 2.08. The number of rotatable bonds is 6. The highest BCUT2D eigenvalue weighted by Crippen LogP contribution is 2.32. The maximum Gasteiger partial charge on any atom is 0.234 e. The second-order valence-corrected chi connectivity index (χ2v) is 7.80. The fourth-order valence-electron chi connectivity index (χ4n) is 2.32. The van der Waals surface area contributed by atoms with Crippen molar-refractivity contribution in [1.29, 1.82) is 0 Å². The van der Waals surface area contributed by atoms with E-state index >= 15 is 0 Å². The van der Waals surface area contributed by atoms with Crippen LogP contribution in [0.2, 0.25) is 15.1 Å². The molecule has 0 atom stereocenters. The fraction of sp³-hybridized carbons (Fsp3) is 0.176. The van der Waals surface area contributed by atoms with E-state index in [0.29, 0.717) is 37.3 Å². The normalized spacial score (nSPS) is 10.8. The molecule has 3 rings (SSSR count). The van der Waals surface area contributed by atoms with Gasteiger partial charge in [-0.3, -0.25) is 4.79 Å². The van der Waals surface area contributed by atoms with Crippen LogP contribution in [0.25, 0.3) is 5.69 Å². The monoisotopic (exact) mass is 457 g/mol. The summed E-state index contributed by atoms with van der Waals surface area (Å²) in [4.78, 5) is 12.3. The summed E-state index contributed by atoms with van der Waals surface area (Å²) in [6.07, 6.45) is 0. The molecule has 7 nitrogen and oxygen atoms in total. The molecule has 0 bridgehead atoms. The van der Waals surface area contributed by atoms with E-state index in [2.05, 4.69) is 20.8 Å². The minimum absolute atomic E-state index is 0.0606. The highest BCUT2D eigenvalue weighted by atomic mass is 35.5. The molecular weight excluding hydrogens is 445 g/mol. The zero-order chi connectivity index (χ0) is 20.3. The first-order chi connectivity index (χ1) is 13.4. The van der Waals surface area contributed by atoms with Gasteiger partial charge in [-0.2, -0.15) is 4.68 Å². The number of halogens is 3. The fourth-order valence-corrected chi connectivity index (χ4v) is 3.60. The number of amides is 1. The van der Waals surface area contributed by atoms with Gasteiger partial charge in [0.25, 0.3) is 0 Å². The molecule has 28 heavy (non-hydrogen) atoms. The van der Waals surface area contributed by atoms with Crippen molar-refractivity contribution in [3.63, 3.8) is 0 Å². The topological polar surface area (TPSA) is 81.9 Å². The lowest BCUT2D eigenvalue weighted by Crippen LogP contribution is -2.15. The van der Waals surface area contributed by atoms with Gasteiger partial charge < -0.3 is 10.1 Å². The lowest BCUT2D eigenvalue weighted by molar-refractivity contribution is -0.113. The molecular formula is C17H14Cl3N5O2S. The van der Waals surface area contributed by atoms with Gasteiger partial charge in [-0.05, 0) is 47.2 Å². The molecule has 3 aromatic rings. The van der Waals surface area contributed by atoms with Crippen molar-refractivity contribution >= 4 is 58.2 Å². The number of methoxy groups -OCH3 is 1. The number of ether oxygens (including phenoxy) is 1. The lowest BCUT2D eigenvalue weighted by atomic mass is 10.2. The van der Waals surface area contributed by atoms with Crippen LogP contribution in [0.1, 0.15) is 5.56 Å². The third-order valence-corrected chi connectivity index (χ3v) is 5.57. The molecule has 146 valence electrons. The number of thioether (sulfide) groups is 1. The molecule has 0 spiro atoms. The van der Waals surface area contributed by atoms with Gasteiger partial charge in [-0.1, -0.05) is 52.6 Å². The standard InChI is InChI=1S/C17H14Cl3N5O2S/c1-9-3-4-15(27-2)14(5-9)25-17(22-23-24-25)28-8-16(26)21-13-7-11(19)10(18)6-12(13)20/h3-7H,8H2,1-2H3,(H,21,26). The first kappa shape index (κ1) is 20.7. The Morgan fingerprint density at radius 3 is 2.68 bits per heavy atom. The molecule has 0 aliphatic carbocycles. The Kier molecular flexibility index (Phi) is 6.66. The van der Waals surface area contributed by atoms with E-state index in [0.717, 1.165) is 5.56 Å². The van der Waals surface area contributed by atoms with Gasteiger partial charge in [0.2, 0.25) is 11.1 Å². The Morgan fingerprint density at radius 2 is 1.93 bits per heavy atom. The Morgan fingerprint density at radius 1 is 1.18 bits per heavy atom. The van der Waals surface area contributed by atoms with Crippen LogP contribution in [0.5, 0.6) is 5.75 Å². The van der Waals surface area contributed by atoms with E-state index < -0.39 is 0 Å². The average Bonchev–Trinajstić information content (AvgIpc) is 3.13. The van der Waals surface area contributed by atoms with Crippen molar-refractivity contribution in [3.05, 3.63) is 51.0 Å². The Bertz CT molecular complexity index is 1030. The Balaban J connectivity index is 1.73. The lowest BCUT2D eigenvalue weighted by Gasteiger charge is -2.11. The number of tetrazole rings is 1. The number of hydrogen-bond acceptors (Lipinski definition) is 6. The van der Waals surface area contributed by atoms with Crippen LogP contribution in [-0.2, 0) is 4.79 Å². The summed E-state index contributed by atoms with van der Waals surface area (Å²) >= 11 is 19.1. The van der Waals surface area contributed by atoms with Crippen LogP contribution >= 0.6 is 46.6 Å². The zero-order valence-corrected chi connectivity index (χ0v) is 17.8. The predicted octanol–water partition coefficient (Wildman–Crippen LogP) is 4.67. The van der Waals surface area contributed by atoms with Crippen LogP contribution in [0, 0.1) is 6.92 Å². The molecule has 11 heteroatoms. The molecule has 0 saturated heterocycles. The molecule has 1 amide bonds. The number of carbonyl (C=O) groups is 1. The van der Waals surface area contributed by atoms with E-state index in [4.69, 9.17) is 39.5 Å². The van der Waals surface area contributed by atoms with Crippen LogP contribution in [0.15, 0.2) is 35.5 Å². The Labute approximate surface area is 180 Å². The van der Waals surface area contributed by atoms with Gasteiger partial charge in [0.1, 0.15) is 11.4 Å². The molecule has 1 aromatic heterocycles. The van der Waals surface area contributed by atoms with E-state index in [9.17, 15) is 4.79 Å². The van der Waals surface area contributed by atoms with Crippen LogP contribution in [-0.4, -0.2) is 39.0 Å². The maximum absolute atomic E-state index is 12.3. The molecule has 0 radical (unpaired) electrons. The first-order valence-electron chi connectivity index (χ1n) is 7.89. The van der Waals surface area contributed by atoms with E-state index in [1.165, 1.54) is 28.6 Å². The number of carbonyl (C=O) groups excluding carboxylic acids is 1. The number of nitrogens with zero attached hydrogens (tertiary/aromatic N) is 4. The van der Waals surface area contributed by atoms with Gasteiger partial charge in [0, 0.05) is 0 Å². The molecule has 0 fully saturated rings. The highest BCUT2D eigenvalue weighted by Gasteiger charge is 2.16. The number of aromatic nitrogens is 4. The third kappa shape index (κ3) is 4.70. The predicted molar refractivity (Wildman–Crippen MR) is 111 cm³/mol. The number of aryl methyl sites for hydroxylation is 1. The molecule has 2 aromatic carbocycles. The van der Waals surface area contributed by atoms with Gasteiger partial charge in [-0.25, -0.2) is 0 Å². The van der Waals surface area contributed by atoms with Gasteiger partial charge >= 0.3 is 0 Å². The Hall–Kier alpha value is -2.00. The smallest absolute Gasteiger partial charge is 0.234 e. The highest BCUT2D eigenvalue weighted by molar-refractivity contribution is 7.99. The van der Waals surface area contributed by atoms with Crippen molar-refractivity contribution < 1.29 is 9.53 Å². The third-order valence-electron chi connectivity index (χ3n) is 3.62. The molecule has 0 aliphatic rings. The zero-order valence-electron chi connectivity index (χ0n) is 14.7. The second kappa shape index (κ2) is 9.00. The van der Waals surface area contributed by atoms with Crippen molar-refractivity contribution in [2.24, 2.45) is 0 Å². The summed E-state index contributed by atoms with van der Waals surface area (Å²) in [5.74, 6) is 0.383. The van der Waals surface area contributed by atoms with Crippen molar-refractivity contribution in [2.45, 2.75) is 12.1 Å². The van der Waals surface area contributed by atoms with Crippen molar-refractivity contribution in [2.75, 3.05) is 18.2 Å². The molecule has 0 saturated carbocycles. The van der Waals surface area contributed by atoms with Crippen molar-refractivity contribution in [1.82, 2.24) is 20.2 Å². The van der Waals surface area contributed by atoms with E-state index in [1.54, 1.807) is 7.11 Å². The van der Waals surface area contributed by atoms with Gasteiger partial charge in [0.15, 0.2) is 0 Å². The minimum atomic E-state index is -0.295. The number of hydrogen-bond donors (Lipinski definition) is 1. The van der Waals surface area contributed by atoms with Crippen LogP contribution in [0.3, 0.4) is 0 Å². The summed E-state index contributed by atoms with van der Waals surface area (Å²) in [5, 5.41) is 15.7.